The highest BCUT2D eigenvalue weighted by molar-refractivity contribution is 5.97. The maximum absolute atomic E-state index is 11.8. The van der Waals surface area contributed by atoms with Crippen molar-refractivity contribution in [3.63, 3.8) is 0 Å². The summed E-state index contributed by atoms with van der Waals surface area (Å²) >= 11 is 0. The van der Waals surface area contributed by atoms with E-state index >= 15 is 0 Å². The number of Topliss-reactive ketones (excluding diaryl/α,β-unsaturated/α-hetero) is 1. The number of rotatable bonds is 3. The fraction of sp³-hybridized carbons (Fsp3) is 0.385. The Morgan fingerprint density at radius 2 is 2.24 bits per heavy atom. The SMILES string of the molecule is CC(=O)c1cccc(NC(=O)C2CCOC2)c1. The minimum Gasteiger partial charge on any atom is -0.381 e. The van der Waals surface area contributed by atoms with Crippen LogP contribution in [0.15, 0.2) is 24.3 Å². The predicted molar refractivity (Wildman–Crippen MR) is 64.0 cm³/mol. The quantitative estimate of drug-likeness (QED) is 0.811. The number of ketones is 1. The molecule has 1 aromatic carbocycles. The van der Waals surface area contributed by atoms with Gasteiger partial charge in [-0.25, -0.2) is 0 Å². The van der Waals surface area contributed by atoms with Gasteiger partial charge in [0.05, 0.1) is 12.5 Å². The normalized spacial score (nSPS) is 19.0. The number of carbonyl (C=O) groups is 2. The highest BCUT2D eigenvalue weighted by Crippen LogP contribution is 2.17. The number of benzene rings is 1. The van der Waals surface area contributed by atoms with Crippen molar-refractivity contribution in [3.05, 3.63) is 29.8 Å². The molecule has 1 atom stereocenters. The molecule has 0 spiro atoms. The van der Waals surface area contributed by atoms with Gasteiger partial charge in [-0.3, -0.25) is 9.59 Å². The maximum atomic E-state index is 11.8. The van der Waals surface area contributed by atoms with Crippen LogP contribution in [0.1, 0.15) is 23.7 Å². The van der Waals surface area contributed by atoms with Gasteiger partial charge >= 0.3 is 0 Å². The molecule has 1 unspecified atom stereocenters. The van der Waals surface area contributed by atoms with Gasteiger partial charge in [0.1, 0.15) is 0 Å². The molecule has 90 valence electrons. The van der Waals surface area contributed by atoms with E-state index in [4.69, 9.17) is 4.74 Å². The van der Waals surface area contributed by atoms with Crippen molar-refractivity contribution in [3.8, 4) is 0 Å². The fourth-order valence-electron chi connectivity index (χ4n) is 1.80. The average molecular weight is 233 g/mol. The zero-order valence-corrected chi connectivity index (χ0v) is 9.73. The lowest BCUT2D eigenvalue weighted by molar-refractivity contribution is -0.119. The van der Waals surface area contributed by atoms with Crippen molar-refractivity contribution >= 4 is 17.4 Å². The minimum atomic E-state index is -0.0732. The zero-order valence-electron chi connectivity index (χ0n) is 9.73. The Kier molecular flexibility index (Phi) is 3.54. The molecule has 0 aliphatic carbocycles. The number of ether oxygens (including phenoxy) is 1. The first-order chi connectivity index (χ1) is 8.16. The molecule has 1 aliphatic rings. The van der Waals surface area contributed by atoms with Crippen molar-refractivity contribution in [2.24, 2.45) is 5.92 Å². The minimum absolute atomic E-state index is 0.00898. The van der Waals surface area contributed by atoms with Crippen LogP contribution in [0.3, 0.4) is 0 Å². The molecule has 0 saturated carbocycles. The second-order valence-corrected chi connectivity index (χ2v) is 4.19. The molecule has 17 heavy (non-hydrogen) atoms. The summed E-state index contributed by atoms with van der Waals surface area (Å²) in [7, 11) is 0. The van der Waals surface area contributed by atoms with E-state index in [0.717, 1.165) is 6.42 Å². The van der Waals surface area contributed by atoms with Crippen LogP contribution in [-0.4, -0.2) is 24.9 Å². The summed E-state index contributed by atoms with van der Waals surface area (Å²) in [6, 6.07) is 6.96. The standard InChI is InChI=1S/C13H15NO3/c1-9(15)10-3-2-4-12(7-10)14-13(16)11-5-6-17-8-11/h2-4,7,11H,5-6,8H2,1H3,(H,14,16). The summed E-state index contributed by atoms with van der Waals surface area (Å²) in [6.45, 7) is 2.63. The summed E-state index contributed by atoms with van der Waals surface area (Å²) in [5.41, 5.74) is 1.26. The molecule has 0 aromatic heterocycles. The van der Waals surface area contributed by atoms with Crippen molar-refractivity contribution in [1.29, 1.82) is 0 Å². The average Bonchev–Trinajstić information content (AvgIpc) is 2.82. The van der Waals surface area contributed by atoms with Gasteiger partial charge in [-0.15, -0.1) is 0 Å². The first kappa shape index (κ1) is 11.8. The summed E-state index contributed by atoms with van der Waals surface area (Å²) in [5, 5.41) is 2.81. The van der Waals surface area contributed by atoms with Crippen LogP contribution in [0.5, 0.6) is 0 Å². The highest BCUT2D eigenvalue weighted by Gasteiger charge is 2.23. The summed E-state index contributed by atoms with van der Waals surface area (Å²) in [5.74, 6) is -0.121. The molecule has 1 aliphatic heterocycles. The van der Waals surface area contributed by atoms with Crippen molar-refractivity contribution in [2.45, 2.75) is 13.3 Å². The lowest BCUT2D eigenvalue weighted by Gasteiger charge is -2.09. The number of amides is 1. The second kappa shape index (κ2) is 5.10. The Morgan fingerprint density at radius 1 is 1.41 bits per heavy atom. The Morgan fingerprint density at radius 3 is 2.88 bits per heavy atom. The molecule has 1 saturated heterocycles. The molecule has 1 fully saturated rings. The lowest BCUT2D eigenvalue weighted by atomic mass is 10.1. The molecule has 1 aromatic rings. The molecule has 2 rings (SSSR count). The topological polar surface area (TPSA) is 55.4 Å². The number of hydrogen-bond acceptors (Lipinski definition) is 3. The van der Waals surface area contributed by atoms with Gasteiger partial charge in [-0.1, -0.05) is 12.1 Å². The van der Waals surface area contributed by atoms with Crippen LogP contribution in [0, 0.1) is 5.92 Å². The van der Waals surface area contributed by atoms with Crippen molar-refractivity contribution < 1.29 is 14.3 Å². The Bertz CT molecular complexity index is 436. The summed E-state index contributed by atoms with van der Waals surface area (Å²) in [4.78, 5) is 23.0. The molecule has 4 heteroatoms. The smallest absolute Gasteiger partial charge is 0.229 e. The van der Waals surface area contributed by atoms with Crippen molar-refractivity contribution in [2.75, 3.05) is 18.5 Å². The van der Waals surface area contributed by atoms with Crippen LogP contribution in [0.4, 0.5) is 5.69 Å². The third kappa shape index (κ3) is 2.91. The van der Waals surface area contributed by atoms with Gasteiger partial charge in [-0.2, -0.15) is 0 Å². The van der Waals surface area contributed by atoms with Crippen molar-refractivity contribution in [1.82, 2.24) is 0 Å². The number of hydrogen-bond donors (Lipinski definition) is 1. The highest BCUT2D eigenvalue weighted by atomic mass is 16.5. The van der Waals surface area contributed by atoms with Crippen LogP contribution in [0.2, 0.25) is 0 Å². The van der Waals surface area contributed by atoms with E-state index in [1.54, 1.807) is 24.3 Å². The molecule has 0 radical (unpaired) electrons. The van der Waals surface area contributed by atoms with Crippen LogP contribution >= 0.6 is 0 Å². The van der Waals surface area contributed by atoms with Gasteiger partial charge < -0.3 is 10.1 Å². The summed E-state index contributed by atoms with van der Waals surface area (Å²) < 4.78 is 5.16. The third-order valence-corrected chi connectivity index (χ3v) is 2.84. The predicted octanol–water partition coefficient (Wildman–Crippen LogP) is 1.86. The number of nitrogens with one attached hydrogen (secondary N) is 1. The fourth-order valence-corrected chi connectivity index (χ4v) is 1.80. The second-order valence-electron chi connectivity index (χ2n) is 4.19. The molecule has 1 amide bonds. The van der Waals surface area contributed by atoms with E-state index in [2.05, 4.69) is 5.32 Å². The number of carbonyl (C=O) groups excluding carboxylic acids is 2. The first-order valence-corrected chi connectivity index (χ1v) is 5.66. The third-order valence-electron chi connectivity index (χ3n) is 2.84. The molecular formula is C13H15NO3. The van der Waals surface area contributed by atoms with E-state index in [0.29, 0.717) is 24.5 Å². The molecule has 1 heterocycles. The Labute approximate surface area is 100.0 Å². The molecular weight excluding hydrogens is 218 g/mol. The Balaban J connectivity index is 2.05. The molecule has 0 bridgehead atoms. The van der Waals surface area contributed by atoms with Crippen LogP contribution < -0.4 is 5.32 Å². The van der Waals surface area contributed by atoms with Gasteiger partial charge in [0.2, 0.25) is 5.91 Å². The number of anilines is 1. The summed E-state index contributed by atoms with van der Waals surface area (Å²) in [6.07, 6.45) is 0.762. The maximum Gasteiger partial charge on any atom is 0.229 e. The van der Waals surface area contributed by atoms with E-state index in [-0.39, 0.29) is 17.6 Å². The van der Waals surface area contributed by atoms with Gasteiger partial charge in [0.25, 0.3) is 0 Å². The van der Waals surface area contributed by atoms with E-state index in [9.17, 15) is 9.59 Å². The zero-order chi connectivity index (χ0) is 12.3. The molecule has 1 N–H and O–H groups in total. The van der Waals surface area contributed by atoms with E-state index in [1.165, 1.54) is 6.92 Å². The molecule has 4 nitrogen and oxygen atoms in total. The first-order valence-electron chi connectivity index (χ1n) is 5.66. The van der Waals surface area contributed by atoms with Crippen LogP contribution in [-0.2, 0) is 9.53 Å². The van der Waals surface area contributed by atoms with Gasteiger partial charge in [0.15, 0.2) is 5.78 Å². The lowest BCUT2D eigenvalue weighted by Crippen LogP contribution is -2.22. The largest absolute Gasteiger partial charge is 0.381 e. The van der Waals surface area contributed by atoms with Crippen LogP contribution in [0.25, 0.3) is 0 Å². The van der Waals surface area contributed by atoms with Gasteiger partial charge in [0, 0.05) is 17.9 Å². The van der Waals surface area contributed by atoms with Gasteiger partial charge in [-0.05, 0) is 25.5 Å². The Hall–Kier alpha value is -1.68. The monoisotopic (exact) mass is 233 g/mol. The van der Waals surface area contributed by atoms with E-state index < -0.39 is 0 Å². The van der Waals surface area contributed by atoms with E-state index in [1.807, 2.05) is 0 Å².